The van der Waals surface area contributed by atoms with E-state index in [9.17, 15) is 5.11 Å². The summed E-state index contributed by atoms with van der Waals surface area (Å²) in [5.41, 5.74) is 1.17. The van der Waals surface area contributed by atoms with Crippen molar-refractivity contribution in [3.05, 3.63) is 29.4 Å². The molecule has 2 saturated heterocycles. The van der Waals surface area contributed by atoms with E-state index in [0.29, 0.717) is 40.1 Å². The number of phenolic OH excluding ortho intramolecular Hbond substituents is 1. The van der Waals surface area contributed by atoms with Crippen molar-refractivity contribution < 1.29 is 5.11 Å². The molecular weight excluding hydrogens is 412 g/mol. The number of benzene rings is 1. The molecule has 0 spiro atoms. The Morgan fingerprint density at radius 2 is 1.97 bits per heavy atom. The summed E-state index contributed by atoms with van der Waals surface area (Å²) in [6, 6.07) is 8.68. The van der Waals surface area contributed by atoms with Crippen molar-refractivity contribution in [2.45, 2.75) is 50.2 Å². The summed E-state index contributed by atoms with van der Waals surface area (Å²) in [4.78, 5) is 6.64. The summed E-state index contributed by atoms with van der Waals surface area (Å²) in [5, 5.41) is 40.4. The average molecular weight is 435 g/mol. The molecule has 2 aromatic heterocycles. The first kappa shape index (κ1) is 19.8. The minimum atomic E-state index is 0.0280. The molecule has 3 aromatic rings. The van der Waals surface area contributed by atoms with E-state index in [-0.39, 0.29) is 10.8 Å². The summed E-state index contributed by atoms with van der Waals surface area (Å²) < 4.78 is 0. The molecule has 4 heterocycles. The van der Waals surface area contributed by atoms with Gasteiger partial charge in [0.1, 0.15) is 16.8 Å². The summed E-state index contributed by atoms with van der Waals surface area (Å²) >= 11 is 1.17. The SMILES string of the molecule is CN(c1cnc(-c2ccc(-c3nnc(C#N)s3)cc2O)nn1)[C@@H]1C[C@H]2CCC[C@@H](C1)N2. The smallest absolute Gasteiger partial charge is 0.218 e. The number of phenols is 1. The molecule has 10 heteroatoms. The summed E-state index contributed by atoms with van der Waals surface area (Å²) in [5.74, 6) is 1.13. The molecule has 0 radical (unpaired) electrons. The van der Waals surface area contributed by atoms with Gasteiger partial charge in [0, 0.05) is 30.7 Å². The van der Waals surface area contributed by atoms with Crippen LogP contribution in [0.25, 0.3) is 22.0 Å². The van der Waals surface area contributed by atoms with Gasteiger partial charge in [0.25, 0.3) is 0 Å². The first-order chi connectivity index (χ1) is 15.1. The van der Waals surface area contributed by atoms with Crippen LogP contribution in [0, 0.1) is 11.3 Å². The maximum Gasteiger partial charge on any atom is 0.218 e. The maximum atomic E-state index is 10.5. The molecule has 31 heavy (non-hydrogen) atoms. The Bertz CT molecular complexity index is 1110. The lowest BCUT2D eigenvalue weighted by Crippen LogP contribution is -2.54. The number of piperidine rings is 2. The van der Waals surface area contributed by atoms with Crippen LogP contribution in [0.15, 0.2) is 24.4 Å². The van der Waals surface area contributed by atoms with Crippen molar-refractivity contribution in [1.82, 2.24) is 30.7 Å². The number of anilines is 1. The van der Waals surface area contributed by atoms with Crippen LogP contribution in [0.1, 0.15) is 37.1 Å². The maximum absolute atomic E-state index is 10.5. The van der Waals surface area contributed by atoms with Gasteiger partial charge < -0.3 is 15.3 Å². The Morgan fingerprint density at radius 1 is 1.16 bits per heavy atom. The highest BCUT2D eigenvalue weighted by atomic mass is 32.1. The quantitative estimate of drug-likeness (QED) is 0.638. The third-order valence-electron chi connectivity index (χ3n) is 6.15. The zero-order valence-electron chi connectivity index (χ0n) is 17.1. The number of aromatic hydroxyl groups is 1. The van der Waals surface area contributed by atoms with Crippen molar-refractivity contribution >= 4 is 17.2 Å². The summed E-state index contributed by atoms with van der Waals surface area (Å²) in [7, 11) is 2.06. The number of hydrogen-bond donors (Lipinski definition) is 2. The fraction of sp³-hybridized carbons (Fsp3) is 0.429. The van der Waals surface area contributed by atoms with E-state index in [1.165, 1.54) is 30.6 Å². The highest BCUT2D eigenvalue weighted by molar-refractivity contribution is 7.15. The van der Waals surface area contributed by atoms with Gasteiger partial charge in [0.2, 0.25) is 5.01 Å². The first-order valence-electron chi connectivity index (χ1n) is 10.4. The van der Waals surface area contributed by atoms with Crippen LogP contribution in [0.2, 0.25) is 0 Å². The number of nitrogens with zero attached hydrogens (tertiary/aromatic N) is 7. The Labute approximate surface area is 183 Å². The zero-order chi connectivity index (χ0) is 21.4. The molecule has 2 aliphatic heterocycles. The second kappa shape index (κ2) is 8.17. The molecule has 9 nitrogen and oxygen atoms in total. The largest absolute Gasteiger partial charge is 0.507 e. The highest BCUT2D eigenvalue weighted by Crippen LogP contribution is 2.33. The second-order valence-corrected chi connectivity index (χ2v) is 9.10. The van der Waals surface area contributed by atoms with Gasteiger partial charge in [0.05, 0.1) is 11.8 Å². The van der Waals surface area contributed by atoms with Crippen molar-refractivity contribution in [2.75, 3.05) is 11.9 Å². The summed E-state index contributed by atoms with van der Waals surface area (Å²) in [6.45, 7) is 0. The van der Waals surface area contributed by atoms with Crippen LogP contribution < -0.4 is 10.2 Å². The van der Waals surface area contributed by atoms with Crippen LogP contribution in [0.4, 0.5) is 5.82 Å². The van der Waals surface area contributed by atoms with Gasteiger partial charge in [0.15, 0.2) is 11.6 Å². The van der Waals surface area contributed by atoms with Crippen LogP contribution in [-0.4, -0.2) is 55.7 Å². The van der Waals surface area contributed by atoms with E-state index in [4.69, 9.17) is 5.26 Å². The standard InChI is InChI=1S/C21H22N8OS/c1-29(15-8-13-3-2-4-14(9-15)24-13)18-11-23-20(27-25-18)16-6-5-12(7-17(16)30)21-28-26-19(10-22)31-21/h5-7,11,13-15,24,30H,2-4,8-9H2,1H3/t13-,14+,15-. The molecule has 5 rings (SSSR count). The Balaban J connectivity index is 1.33. The van der Waals surface area contributed by atoms with Gasteiger partial charge in [-0.2, -0.15) is 5.26 Å². The third-order valence-corrected chi connectivity index (χ3v) is 7.03. The number of aromatic nitrogens is 5. The highest BCUT2D eigenvalue weighted by Gasteiger charge is 2.33. The number of hydrogen-bond acceptors (Lipinski definition) is 10. The predicted molar refractivity (Wildman–Crippen MR) is 117 cm³/mol. The average Bonchev–Trinajstić information content (AvgIpc) is 3.28. The van der Waals surface area contributed by atoms with Gasteiger partial charge in [-0.1, -0.05) is 23.8 Å². The number of fused-ring (bicyclic) bond motifs is 2. The minimum Gasteiger partial charge on any atom is -0.507 e. The molecule has 0 amide bonds. The zero-order valence-corrected chi connectivity index (χ0v) is 17.9. The van der Waals surface area contributed by atoms with Crippen molar-refractivity contribution in [2.24, 2.45) is 0 Å². The van der Waals surface area contributed by atoms with Crippen LogP contribution in [0.3, 0.4) is 0 Å². The topological polar surface area (TPSA) is 124 Å². The van der Waals surface area contributed by atoms with E-state index < -0.39 is 0 Å². The molecular formula is C21H22N8OS. The fourth-order valence-electron chi connectivity index (χ4n) is 4.53. The lowest BCUT2D eigenvalue weighted by molar-refractivity contribution is 0.219. The molecule has 2 fully saturated rings. The van der Waals surface area contributed by atoms with Crippen molar-refractivity contribution in [1.29, 1.82) is 5.26 Å². The van der Waals surface area contributed by atoms with Gasteiger partial charge in [-0.25, -0.2) is 4.98 Å². The normalized spacial score (nSPS) is 22.6. The molecule has 2 bridgehead atoms. The van der Waals surface area contributed by atoms with E-state index in [1.807, 2.05) is 6.07 Å². The van der Waals surface area contributed by atoms with Crippen LogP contribution in [-0.2, 0) is 0 Å². The van der Waals surface area contributed by atoms with Crippen molar-refractivity contribution in [3.8, 4) is 33.8 Å². The molecule has 3 atom stereocenters. The number of rotatable bonds is 4. The van der Waals surface area contributed by atoms with Gasteiger partial charge in [-0.05, 0) is 37.8 Å². The minimum absolute atomic E-state index is 0.0280. The lowest BCUT2D eigenvalue weighted by atomic mass is 9.83. The molecule has 0 aliphatic carbocycles. The Hall–Kier alpha value is -3.16. The molecule has 2 aliphatic rings. The van der Waals surface area contributed by atoms with E-state index in [1.54, 1.807) is 24.4 Å². The van der Waals surface area contributed by atoms with Gasteiger partial charge in [-0.15, -0.1) is 20.4 Å². The Kier molecular flexibility index (Phi) is 5.21. The molecule has 2 N–H and O–H groups in total. The van der Waals surface area contributed by atoms with Crippen molar-refractivity contribution in [3.63, 3.8) is 0 Å². The summed E-state index contributed by atoms with van der Waals surface area (Å²) in [6.07, 6.45) is 7.74. The number of nitrogens with one attached hydrogen (secondary N) is 1. The van der Waals surface area contributed by atoms with Crippen LogP contribution >= 0.6 is 11.3 Å². The van der Waals surface area contributed by atoms with Crippen LogP contribution in [0.5, 0.6) is 5.75 Å². The van der Waals surface area contributed by atoms with Gasteiger partial charge >= 0.3 is 0 Å². The molecule has 1 aromatic carbocycles. The second-order valence-electron chi connectivity index (χ2n) is 8.12. The van der Waals surface area contributed by atoms with E-state index >= 15 is 0 Å². The predicted octanol–water partition coefficient (Wildman–Crippen LogP) is 2.74. The Morgan fingerprint density at radius 3 is 2.61 bits per heavy atom. The molecule has 0 unspecified atom stereocenters. The third kappa shape index (κ3) is 3.94. The van der Waals surface area contributed by atoms with E-state index in [2.05, 4.69) is 42.6 Å². The first-order valence-corrected chi connectivity index (χ1v) is 11.2. The van der Waals surface area contributed by atoms with E-state index in [0.717, 1.165) is 18.7 Å². The monoisotopic (exact) mass is 434 g/mol. The lowest BCUT2D eigenvalue weighted by Gasteiger charge is -2.43. The molecule has 0 saturated carbocycles. The number of nitriles is 1. The molecule has 158 valence electrons. The fourth-order valence-corrected chi connectivity index (χ4v) is 5.17. The van der Waals surface area contributed by atoms with Gasteiger partial charge in [-0.3, -0.25) is 0 Å².